The molecular formula is C18H22FNO. The molecule has 0 amide bonds. The van der Waals surface area contributed by atoms with Gasteiger partial charge in [-0.05, 0) is 41.8 Å². The van der Waals surface area contributed by atoms with Gasteiger partial charge in [-0.25, -0.2) is 4.39 Å². The van der Waals surface area contributed by atoms with Crippen molar-refractivity contribution in [3.8, 4) is 16.9 Å². The average molecular weight is 287 g/mol. The summed E-state index contributed by atoms with van der Waals surface area (Å²) in [5, 5.41) is 3.23. The summed E-state index contributed by atoms with van der Waals surface area (Å²) < 4.78 is 19.4. The van der Waals surface area contributed by atoms with Crippen LogP contribution in [0.25, 0.3) is 11.1 Å². The normalized spacial score (nSPS) is 11.0. The molecule has 0 aliphatic heterocycles. The van der Waals surface area contributed by atoms with Crippen molar-refractivity contribution in [1.82, 2.24) is 5.32 Å². The molecular weight excluding hydrogens is 265 g/mol. The number of hydrogen-bond acceptors (Lipinski definition) is 2. The van der Waals surface area contributed by atoms with Crippen LogP contribution in [0, 0.1) is 12.7 Å². The highest BCUT2D eigenvalue weighted by molar-refractivity contribution is 5.68. The highest BCUT2D eigenvalue weighted by atomic mass is 19.1. The summed E-state index contributed by atoms with van der Waals surface area (Å²) in [5.41, 5.74) is 3.68. The lowest BCUT2D eigenvalue weighted by atomic mass is 9.99. The van der Waals surface area contributed by atoms with Gasteiger partial charge in [-0.2, -0.15) is 0 Å². The van der Waals surface area contributed by atoms with Crippen molar-refractivity contribution < 1.29 is 9.13 Å². The van der Waals surface area contributed by atoms with Crippen LogP contribution in [0.5, 0.6) is 5.75 Å². The number of halogens is 1. The molecule has 2 nitrogen and oxygen atoms in total. The third-order valence-electron chi connectivity index (χ3n) is 3.50. The quantitative estimate of drug-likeness (QED) is 0.885. The van der Waals surface area contributed by atoms with Crippen molar-refractivity contribution >= 4 is 0 Å². The van der Waals surface area contributed by atoms with Gasteiger partial charge in [0.2, 0.25) is 0 Å². The van der Waals surface area contributed by atoms with Crippen molar-refractivity contribution in [3.63, 3.8) is 0 Å². The van der Waals surface area contributed by atoms with Gasteiger partial charge in [-0.1, -0.05) is 32.0 Å². The maximum absolute atomic E-state index is 14.2. The molecule has 0 aliphatic carbocycles. The first kappa shape index (κ1) is 15.5. The van der Waals surface area contributed by atoms with Crippen LogP contribution in [0.15, 0.2) is 36.4 Å². The molecule has 21 heavy (non-hydrogen) atoms. The van der Waals surface area contributed by atoms with Gasteiger partial charge in [-0.3, -0.25) is 0 Å². The van der Waals surface area contributed by atoms with Crippen LogP contribution in [0.3, 0.4) is 0 Å². The van der Waals surface area contributed by atoms with Crippen LogP contribution in [0.1, 0.15) is 25.0 Å². The Morgan fingerprint density at radius 1 is 1.14 bits per heavy atom. The zero-order valence-electron chi connectivity index (χ0n) is 13.0. The number of hydrogen-bond donors (Lipinski definition) is 1. The second kappa shape index (κ2) is 6.72. The largest absolute Gasteiger partial charge is 0.497 e. The van der Waals surface area contributed by atoms with Crippen LogP contribution in [0.2, 0.25) is 0 Å². The molecule has 2 rings (SSSR count). The molecule has 0 saturated carbocycles. The van der Waals surface area contributed by atoms with Crippen LogP contribution in [-0.4, -0.2) is 13.2 Å². The van der Waals surface area contributed by atoms with Gasteiger partial charge >= 0.3 is 0 Å². The Kier molecular flexibility index (Phi) is 4.97. The van der Waals surface area contributed by atoms with Crippen molar-refractivity contribution in [3.05, 3.63) is 53.3 Å². The monoisotopic (exact) mass is 287 g/mol. The van der Waals surface area contributed by atoms with E-state index in [-0.39, 0.29) is 5.82 Å². The van der Waals surface area contributed by atoms with Gasteiger partial charge in [0.1, 0.15) is 11.6 Å². The van der Waals surface area contributed by atoms with E-state index in [1.54, 1.807) is 13.2 Å². The standard InChI is InChI=1S/C18H22FNO/c1-12(2)20-11-15-6-5-14(10-18(15)19)17-8-7-16(21-4)9-13(17)3/h5-10,12,20H,11H2,1-4H3. The van der Waals surface area contributed by atoms with Gasteiger partial charge in [-0.15, -0.1) is 0 Å². The number of ether oxygens (including phenoxy) is 1. The average Bonchev–Trinajstić information content (AvgIpc) is 2.45. The molecule has 3 heteroatoms. The molecule has 0 unspecified atom stereocenters. The van der Waals surface area contributed by atoms with E-state index in [4.69, 9.17) is 4.74 Å². The smallest absolute Gasteiger partial charge is 0.128 e. The molecule has 0 aliphatic rings. The predicted molar refractivity (Wildman–Crippen MR) is 85.1 cm³/mol. The number of methoxy groups -OCH3 is 1. The first-order chi connectivity index (χ1) is 10.0. The molecule has 1 N–H and O–H groups in total. The second-order valence-electron chi connectivity index (χ2n) is 5.52. The first-order valence-corrected chi connectivity index (χ1v) is 7.18. The summed E-state index contributed by atoms with van der Waals surface area (Å²) in [5.74, 6) is 0.644. The maximum atomic E-state index is 14.2. The topological polar surface area (TPSA) is 21.3 Å². The molecule has 0 atom stereocenters. The molecule has 0 bridgehead atoms. The highest BCUT2D eigenvalue weighted by Gasteiger charge is 2.08. The van der Waals surface area contributed by atoms with Gasteiger partial charge in [0.05, 0.1) is 7.11 Å². The van der Waals surface area contributed by atoms with Gasteiger partial charge in [0.25, 0.3) is 0 Å². The zero-order valence-corrected chi connectivity index (χ0v) is 13.0. The zero-order chi connectivity index (χ0) is 15.4. The molecule has 0 radical (unpaired) electrons. The molecule has 2 aromatic rings. The highest BCUT2D eigenvalue weighted by Crippen LogP contribution is 2.28. The predicted octanol–water partition coefficient (Wildman–Crippen LogP) is 4.31. The maximum Gasteiger partial charge on any atom is 0.128 e. The third-order valence-corrected chi connectivity index (χ3v) is 3.50. The number of nitrogens with one attached hydrogen (secondary N) is 1. The molecule has 0 fully saturated rings. The van der Waals surface area contributed by atoms with Crippen molar-refractivity contribution in [1.29, 1.82) is 0 Å². The Labute approximate surface area is 126 Å². The third kappa shape index (κ3) is 3.82. The SMILES string of the molecule is COc1ccc(-c2ccc(CNC(C)C)c(F)c2)c(C)c1. The van der Waals surface area contributed by atoms with E-state index in [0.29, 0.717) is 18.2 Å². The van der Waals surface area contributed by atoms with E-state index >= 15 is 0 Å². The molecule has 0 heterocycles. The Morgan fingerprint density at radius 2 is 1.90 bits per heavy atom. The summed E-state index contributed by atoms with van der Waals surface area (Å²) in [6, 6.07) is 11.6. The van der Waals surface area contributed by atoms with Gasteiger partial charge < -0.3 is 10.1 Å². The van der Waals surface area contributed by atoms with Crippen LogP contribution in [-0.2, 0) is 6.54 Å². The molecule has 0 spiro atoms. The molecule has 0 aromatic heterocycles. The van der Waals surface area contributed by atoms with Gasteiger partial charge in [0, 0.05) is 18.2 Å². The molecule has 112 valence electrons. The van der Waals surface area contributed by atoms with E-state index in [0.717, 1.165) is 22.4 Å². The Balaban J connectivity index is 2.27. The minimum Gasteiger partial charge on any atom is -0.497 e. The Hall–Kier alpha value is -1.87. The van der Waals surface area contributed by atoms with Crippen molar-refractivity contribution in [2.24, 2.45) is 0 Å². The summed E-state index contributed by atoms with van der Waals surface area (Å²) in [4.78, 5) is 0. The number of benzene rings is 2. The van der Waals surface area contributed by atoms with Gasteiger partial charge in [0.15, 0.2) is 0 Å². The molecule has 0 saturated heterocycles. The minimum atomic E-state index is -0.170. The lowest BCUT2D eigenvalue weighted by molar-refractivity contribution is 0.414. The van der Waals surface area contributed by atoms with E-state index < -0.39 is 0 Å². The van der Waals surface area contributed by atoms with Crippen molar-refractivity contribution in [2.75, 3.05) is 7.11 Å². The van der Waals surface area contributed by atoms with E-state index in [9.17, 15) is 4.39 Å². The van der Waals surface area contributed by atoms with E-state index in [1.807, 2.05) is 51.1 Å². The van der Waals surface area contributed by atoms with E-state index in [1.165, 1.54) is 0 Å². The minimum absolute atomic E-state index is 0.170. The van der Waals surface area contributed by atoms with E-state index in [2.05, 4.69) is 5.32 Å². The Bertz CT molecular complexity index is 623. The molecule has 2 aromatic carbocycles. The lowest BCUT2D eigenvalue weighted by Gasteiger charge is -2.12. The number of rotatable bonds is 5. The summed E-state index contributed by atoms with van der Waals surface area (Å²) in [7, 11) is 1.64. The Morgan fingerprint density at radius 3 is 2.48 bits per heavy atom. The lowest BCUT2D eigenvalue weighted by Crippen LogP contribution is -2.22. The summed E-state index contributed by atoms with van der Waals surface area (Å²) in [6.07, 6.45) is 0. The van der Waals surface area contributed by atoms with Crippen LogP contribution in [0.4, 0.5) is 4.39 Å². The van der Waals surface area contributed by atoms with Crippen LogP contribution >= 0.6 is 0 Å². The van der Waals surface area contributed by atoms with Crippen LogP contribution < -0.4 is 10.1 Å². The fourth-order valence-corrected chi connectivity index (χ4v) is 2.26. The van der Waals surface area contributed by atoms with Crippen molar-refractivity contribution in [2.45, 2.75) is 33.4 Å². The number of aryl methyl sites for hydroxylation is 1. The fourth-order valence-electron chi connectivity index (χ4n) is 2.26. The second-order valence-corrected chi connectivity index (χ2v) is 5.52. The summed E-state index contributed by atoms with van der Waals surface area (Å²) >= 11 is 0. The summed E-state index contributed by atoms with van der Waals surface area (Å²) in [6.45, 7) is 6.65. The first-order valence-electron chi connectivity index (χ1n) is 7.18. The fraction of sp³-hybridized carbons (Fsp3) is 0.333.